The molecule has 0 spiro atoms. The number of anilines is 1. The number of carbonyl (C=O) groups excluding carboxylic acids is 1. The summed E-state index contributed by atoms with van der Waals surface area (Å²) in [7, 11) is 0. The summed E-state index contributed by atoms with van der Waals surface area (Å²) in [5.74, 6) is -0.463. The molecule has 0 heterocycles. The number of nitrogens with one attached hydrogen (secondary N) is 1. The number of phenolic OH excluding ortho intramolecular Hbond substituents is 1. The van der Waals surface area contributed by atoms with E-state index in [0.29, 0.717) is 20.7 Å². The van der Waals surface area contributed by atoms with E-state index in [4.69, 9.17) is 17.3 Å². The van der Waals surface area contributed by atoms with Crippen molar-refractivity contribution in [3.63, 3.8) is 0 Å². The van der Waals surface area contributed by atoms with Crippen LogP contribution in [0.15, 0.2) is 46.9 Å². The van der Waals surface area contributed by atoms with Crippen molar-refractivity contribution in [1.82, 2.24) is 0 Å². The third kappa shape index (κ3) is 3.43. The van der Waals surface area contributed by atoms with E-state index in [1.54, 1.807) is 30.3 Å². The first-order valence-corrected chi connectivity index (χ1v) is 6.94. The Morgan fingerprint density at radius 3 is 2.65 bits per heavy atom. The molecule has 1 unspecified atom stereocenters. The Bertz CT molecular complexity index is 649. The molecule has 0 saturated heterocycles. The maximum atomic E-state index is 11.6. The zero-order chi connectivity index (χ0) is 14.7. The van der Waals surface area contributed by atoms with Crippen molar-refractivity contribution in [1.29, 1.82) is 0 Å². The minimum absolute atomic E-state index is 0.0767. The van der Waals surface area contributed by atoms with Gasteiger partial charge in [0.1, 0.15) is 11.8 Å². The molecule has 4 nitrogen and oxygen atoms in total. The molecule has 2 aromatic rings. The van der Waals surface area contributed by atoms with Crippen molar-refractivity contribution < 1.29 is 9.90 Å². The fraction of sp³-hybridized carbons (Fsp3) is 0.0714. The number of hydrogen-bond donors (Lipinski definition) is 3. The first kappa shape index (κ1) is 14.7. The van der Waals surface area contributed by atoms with Crippen LogP contribution in [0.25, 0.3) is 0 Å². The molecule has 0 radical (unpaired) electrons. The average molecular weight is 356 g/mol. The molecular weight excluding hydrogens is 344 g/mol. The quantitative estimate of drug-likeness (QED) is 0.786. The Labute approximate surface area is 129 Å². The Morgan fingerprint density at radius 1 is 1.30 bits per heavy atom. The van der Waals surface area contributed by atoms with Gasteiger partial charge in [-0.2, -0.15) is 0 Å². The molecule has 0 bridgehead atoms. The third-order valence-electron chi connectivity index (χ3n) is 2.72. The van der Waals surface area contributed by atoms with Crippen LogP contribution in [0.1, 0.15) is 11.6 Å². The highest BCUT2D eigenvalue weighted by molar-refractivity contribution is 9.10. The number of halogens is 2. The number of primary amides is 1. The molecule has 0 aromatic heterocycles. The molecule has 0 aliphatic carbocycles. The molecule has 2 aromatic carbocycles. The number of phenols is 1. The zero-order valence-corrected chi connectivity index (χ0v) is 12.6. The van der Waals surface area contributed by atoms with Crippen LogP contribution in [-0.2, 0) is 4.79 Å². The number of benzene rings is 2. The second-order valence-corrected chi connectivity index (χ2v) is 5.47. The van der Waals surface area contributed by atoms with Gasteiger partial charge in [-0.15, -0.1) is 0 Å². The number of rotatable bonds is 4. The minimum Gasteiger partial charge on any atom is -0.508 e. The van der Waals surface area contributed by atoms with Crippen molar-refractivity contribution in [2.24, 2.45) is 5.73 Å². The molecule has 1 atom stereocenters. The summed E-state index contributed by atoms with van der Waals surface area (Å²) in [5.41, 5.74) is 6.69. The smallest absolute Gasteiger partial charge is 0.244 e. The Hall–Kier alpha value is -1.72. The van der Waals surface area contributed by atoms with E-state index >= 15 is 0 Å². The van der Waals surface area contributed by atoms with E-state index < -0.39 is 11.9 Å². The van der Waals surface area contributed by atoms with E-state index in [1.807, 2.05) is 0 Å². The van der Waals surface area contributed by atoms with Crippen LogP contribution >= 0.6 is 27.5 Å². The summed E-state index contributed by atoms with van der Waals surface area (Å²) in [5, 5.41) is 13.1. The number of nitrogens with two attached hydrogens (primary N) is 1. The lowest BCUT2D eigenvalue weighted by atomic mass is 10.1. The van der Waals surface area contributed by atoms with Crippen LogP contribution in [0.5, 0.6) is 5.75 Å². The number of carbonyl (C=O) groups is 1. The van der Waals surface area contributed by atoms with E-state index in [-0.39, 0.29) is 5.75 Å². The largest absolute Gasteiger partial charge is 0.508 e. The predicted molar refractivity (Wildman–Crippen MR) is 82.8 cm³/mol. The van der Waals surface area contributed by atoms with Gasteiger partial charge in [0.05, 0.1) is 5.02 Å². The maximum absolute atomic E-state index is 11.6. The molecule has 0 aliphatic heterocycles. The van der Waals surface area contributed by atoms with Crippen molar-refractivity contribution >= 4 is 39.1 Å². The monoisotopic (exact) mass is 354 g/mol. The van der Waals surface area contributed by atoms with Crippen LogP contribution in [0.2, 0.25) is 5.02 Å². The van der Waals surface area contributed by atoms with Gasteiger partial charge in [-0.3, -0.25) is 4.79 Å². The van der Waals surface area contributed by atoms with Gasteiger partial charge in [0, 0.05) is 10.2 Å². The van der Waals surface area contributed by atoms with Gasteiger partial charge in [-0.25, -0.2) is 0 Å². The first-order valence-electron chi connectivity index (χ1n) is 5.77. The van der Waals surface area contributed by atoms with Gasteiger partial charge in [0.25, 0.3) is 0 Å². The summed E-state index contributed by atoms with van der Waals surface area (Å²) < 4.78 is 0.711. The topological polar surface area (TPSA) is 75.4 Å². The Kier molecular flexibility index (Phi) is 4.52. The molecule has 0 aliphatic rings. The highest BCUT2D eigenvalue weighted by Gasteiger charge is 2.18. The van der Waals surface area contributed by atoms with Crippen molar-refractivity contribution in [2.45, 2.75) is 6.04 Å². The fourth-order valence-corrected chi connectivity index (χ4v) is 2.27. The minimum atomic E-state index is -0.741. The van der Waals surface area contributed by atoms with E-state index in [2.05, 4.69) is 21.2 Å². The third-order valence-corrected chi connectivity index (χ3v) is 3.93. The fourth-order valence-electron chi connectivity index (χ4n) is 1.78. The van der Waals surface area contributed by atoms with Gasteiger partial charge in [-0.1, -0.05) is 23.7 Å². The maximum Gasteiger partial charge on any atom is 0.244 e. The lowest BCUT2D eigenvalue weighted by Gasteiger charge is -2.17. The lowest BCUT2D eigenvalue weighted by Crippen LogP contribution is -2.27. The second-order valence-electron chi connectivity index (χ2n) is 4.20. The molecule has 2 rings (SSSR count). The van der Waals surface area contributed by atoms with E-state index in [1.165, 1.54) is 12.1 Å². The van der Waals surface area contributed by atoms with Gasteiger partial charge in [0.2, 0.25) is 5.91 Å². The predicted octanol–water partition coefficient (Wildman–Crippen LogP) is 3.45. The number of amides is 1. The molecule has 0 saturated carbocycles. The van der Waals surface area contributed by atoms with E-state index in [9.17, 15) is 9.90 Å². The molecule has 1 amide bonds. The Morgan fingerprint density at radius 2 is 2.05 bits per heavy atom. The van der Waals surface area contributed by atoms with E-state index in [0.717, 1.165) is 0 Å². The van der Waals surface area contributed by atoms with Gasteiger partial charge in [-0.05, 0) is 51.8 Å². The number of aromatic hydroxyl groups is 1. The summed E-state index contributed by atoms with van der Waals surface area (Å²) in [6.45, 7) is 0. The lowest BCUT2D eigenvalue weighted by molar-refractivity contribution is -0.118. The van der Waals surface area contributed by atoms with Crippen LogP contribution < -0.4 is 11.1 Å². The van der Waals surface area contributed by atoms with Crippen molar-refractivity contribution in [2.75, 3.05) is 5.32 Å². The molecule has 104 valence electrons. The first-order chi connectivity index (χ1) is 9.47. The van der Waals surface area contributed by atoms with Crippen LogP contribution in [0, 0.1) is 0 Å². The highest BCUT2D eigenvalue weighted by Crippen LogP contribution is 2.28. The number of hydrogen-bond acceptors (Lipinski definition) is 3. The summed E-state index contributed by atoms with van der Waals surface area (Å²) in [6.07, 6.45) is 0. The normalized spacial score (nSPS) is 11.9. The SMILES string of the molecule is NC(=O)C(Nc1ccc(Cl)c(Br)c1)c1cccc(O)c1. The molecule has 6 heteroatoms. The zero-order valence-electron chi connectivity index (χ0n) is 10.3. The standard InChI is InChI=1S/C14H12BrClN2O2/c15-11-7-9(4-5-12(11)16)18-13(14(17)20)8-2-1-3-10(19)6-8/h1-7,13,18-19H,(H2,17,20). The second kappa shape index (κ2) is 6.15. The molecular formula is C14H12BrClN2O2. The van der Waals surface area contributed by atoms with Crippen LogP contribution in [-0.4, -0.2) is 11.0 Å². The summed E-state index contributed by atoms with van der Waals surface area (Å²) >= 11 is 9.23. The van der Waals surface area contributed by atoms with Crippen LogP contribution in [0.4, 0.5) is 5.69 Å². The van der Waals surface area contributed by atoms with Gasteiger partial charge >= 0.3 is 0 Å². The van der Waals surface area contributed by atoms with Gasteiger partial charge < -0.3 is 16.2 Å². The van der Waals surface area contributed by atoms with Crippen molar-refractivity contribution in [3.05, 3.63) is 57.5 Å². The molecule has 0 fully saturated rings. The Balaban J connectivity index is 2.30. The highest BCUT2D eigenvalue weighted by atomic mass is 79.9. The average Bonchev–Trinajstić information content (AvgIpc) is 2.39. The van der Waals surface area contributed by atoms with Crippen LogP contribution in [0.3, 0.4) is 0 Å². The van der Waals surface area contributed by atoms with Crippen molar-refractivity contribution in [3.8, 4) is 5.75 Å². The van der Waals surface area contributed by atoms with Gasteiger partial charge in [0.15, 0.2) is 0 Å². The molecule has 4 N–H and O–H groups in total. The summed E-state index contributed by atoms with van der Waals surface area (Å²) in [6, 6.07) is 10.8. The summed E-state index contributed by atoms with van der Waals surface area (Å²) in [4.78, 5) is 11.6. The molecule has 20 heavy (non-hydrogen) atoms.